The molecule has 54 heavy (non-hydrogen) atoms. The molecule has 0 fully saturated rings. The molecule has 3 aromatic rings. The molecular weight excluding hydrogens is 698 g/mol. The first kappa shape index (κ1) is 44.0. The van der Waals surface area contributed by atoms with Gasteiger partial charge in [-0.25, -0.2) is 9.59 Å². The maximum absolute atomic E-state index is 12.3. The molecule has 14 heteroatoms. The average Bonchev–Trinajstić information content (AvgIpc) is 3.16. The van der Waals surface area contributed by atoms with E-state index < -0.39 is 36.7 Å². The zero-order valence-corrected chi connectivity index (χ0v) is 31.0. The fourth-order valence-corrected chi connectivity index (χ4v) is 5.17. The Hall–Kier alpha value is -6.17. The third-order valence-electron chi connectivity index (χ3n) is 7.68. The number of ketones is 2. The van der Waals surface area contributed by atoms with E-state index in [1.54, 1.807) is 12.1 Å². The summed E-state index contributed by atoms with van der Waals surface area (Å²) in [7, 11) is 2.81. The van der Waals surface area contributed by atoms with Crippen molar-refractivity contribution in [2.24, 2.45) is 0 Å². The lowest BCUT2D eigenvalue weighted by atomic mass is 9.91. The van der Waals surface area contributed by atoms with Crippen LogP contribution in [0.3, 0.4) is 0 Å². The van der Waals surface area contributed by atoms with E-state index in [-0.39, 0.29) is 54.7 Å². The monoisotopic (exact) mass is 745 g/mol. The maximum Gasteiger partial charge on any atom is 0.407 e. The SMILES string of the molecule is CC#N.COC1=C(C)C(=O)C(C[C@@H](CO)NC(=O)OCc2ccccc2)=CC1=O.COc1c(C)cc(C[C@@H](CO)NC(=O)OCc2ccccc2)cc1O. The van der Waals surface area contributed by atoms with Crippen molar-refractivity contribution in [2.45, 2.75) is 58.9 Å². The van der Waals surface area contributed by atoms with Crippen LogP contribution in [0.2, 0.25) is 0 Å². The Morgan fingerprint density at radius 2 is 1.26 bits per heavy atom. The second kappa shape index (κ2) is 23.4. The summed E-state index contributed by atoms with van der Waals surface area (Å²) < 4.78 is 20.3. The van der Waals surface area contributed by atoms with Gasteiger partial charge in [0.05, 0.1) is 45.6 Å². The minimum absolute atomic E-state index is 0.00882. The molecular formula is C40H47N3O11. The van der Waals surface area contributed by atoms with Gasteiger partial charge < -0.3 is 44.9 Å². The number of hydrogen-bond acceptors (Lipinski definition) is 12. The molecule has 5 N–H and O–H groups in total. The molecule has 1 aliphatic carbocycles. The number of aliphatic hydroxyl groups excluding tert-OH is 2. The standard InChI is InChI=1S/C19H21NO6.C19H23NO5.C2H3N/c1-12-17(23)14(9-16(22)18(12)25-2)8-15(10-21)20-19(24)26-11-13-6-4-3-5-7-13;1-13-8-15(10-17(22)18(13)24-2)9-16(11-21)20-19(23)25-12-14-6-4-3-5-7-14;1-2-3/h3-7,9,15,21H,8,10-11H2,1-2H3,(H,20,24);3-8,10,16,21-22H,9,11-12H2,1-2H3,(H,20,23);1H3/t15-;16-;/m00./s1. The van der Waals surface area contributed by atoms with Crippen LogP contribution in [0.1, 0.15) is 42.5 Å². The molecule has 3 aromatic carbocycles. The smallest absolute Gasteiger partial charge is 0.407 e. The number of amides is 2. The highest BCUT2D eigenvalue weighted by molar-refractivity contribution is 6.21. The van der Waals surface area contributed by atoms with E-state index in [2.05, 4.69) is 10.6 Å². The van der Waals surface area contributed by atoms with E-state index in [1.165, 1.54) is 34.1 Å². The summed E-state index contributed by atoms with van der Waals surface area (Å²) in [5.74, 6) is -0.308. The summed E-state index contributed by atoms with van der Waals surface area (Å²) in [4.78, 5) is 48.0. The number of hydrogen-bond donors (Lipinski definition) is 5. The lowest BCUT2D eigenvalue weighted by molar-refractivity contribution is -0.118. The van der Waals surface area contributed by atoms with E-state index in [1.807, 2.05) is 73.7 Å². The summed E-state index contributed by atoms with van der Waals surface area (Å²) >= 11 is 0. The van der Waals surface area contributed by atoms with Gasteiger partial charge in [0.15, 0.2) is 23.0 Å². The molecule has 0 bridgehead atoms. The number of nitrogens with zero attached hydrogens (tertiary/aromatic N) is 1. The number of aliphatic hydroxyl groups is 2. The molecule has 288 valence electrons. The van der Waals surface area contributed by atoms with Gasteiger partial charge in [0, 0.05) is 18.1 Å². The second-order valence-electron chi connectivity index (χ2n) is 11.8. The zero-order chi connectivity index (χ0) is 40.0. The number of nitriles is 1. The van der Waals surface area contributed by atoms with Gasteiger partial charge in [0.2, 0.25) is 5.78 Å². The molecule has 0 aliphatic heterocycles. The molecule has 0 heterocycles. The van der Waals surface area contributed by atoms with E-state index in [0.29, 0.717) is 12.2 Å². The largest absolute Gasteiger partial charge is 0.504 e. The number of benzene rings is 3. The van der Waals surface area contributed by atoms with E-state index in [4.69, 9.17) is 24.2 Å². The van der Waals surface area contributed by atoms with Crippen molar-refractivity contribution in [2.75, 3.05) is 27.4 Å². The van der Waals surface area contributed by atoms with Crippen molar-refractivity contribution < 1.29 is 53.4 Å². The van der Waals surface area contributed by atoms with Crippen molar-refractivity contribution in [3.8, 4) is 17.6 Å². The summed E-state index contributed by atoms with van der Waals surface area (Å²) in [5.41, 5.74) is 3.67. The molecule has 2 atom stereocenters. The van der Waals surface area contributed by atoms with Crippen LogP contribution < -0.4 is 15.4 Å². The molecule has 0 spiro atoms. The van der Waals surface area contributed by atoms with Gasteiger partial charge in [0.25, 0.3) is 0 Å². The molecule has 0 aromatic heterocycles. The molecule has 4 rings (SSSR count). The van der Waals surface area contributed by atoms with Crippen LogP contribution in [0.5, 0.6) is 11.5 Å². The molecule has 2 amide bonds. The van der Waals surface area contributed by atoms with Crippen LogP contribution in [0.25, 0.3) is 0 Å². The number of carbonyl (C=O) groups excluding carboxylic acids is 4. The zero-order valence-electron chi connectivity index (χ0n) is 31.0. The van der Waals surface area contributed by atoms with Crippen LogP contribution in [-0.2, 0) is 43.4 Å². The van der Waals surface area contributed by atoms with Crippen LogP contribution >= 0.6 is 0 Å². The fraction of sp³-hybridized carbons (Fsp3) is 0.325. The summed E-state index contributed by atoms with van der Waals surface area (Å²) in [6, 6.07) is 22.4. The van der Waals surface area contributed by atoms with Gasteiger partial charge in [0.1, 0.15) is 13.2 Å². The minimum atomic E-state index is -0.752. The highest BCUT2D eigenvalue weighted by Crippen LogP contribution is 2.31. The number of aromatic hydroxyl groups is 1. The van der Waals surface area contributed by atoms with Gasteiger partial charge >= 0.3 is 12.2 Å². The third-order valence-corrected chi connectivity index (χ3v) is 7.68. The number of phenols is 1. The Labute approximate surface area is 314 Å². The first-order valence-electron chi connectivity index (χ1n) is 16.8. The first-order chi connectivity index (χ1) is 25.9. The predicted octanol–water partition coefficient (Wildman–Crippen LogP) is 4.73. The van der Waals surface area contributed by atoms with E-state index in [9.17, 15) is 34.5 Å². The van der Waals surface area contributed by atoms with Crippen molar-refractivity contribution in [3.63, 3.8) is 0 Å². The highest BCUT2D eigenvalue weighted by atomic mass is 16.6. The number of ether oxygens (including phenoxy) is 4. The first-order valence-corrected chi connectivity index (χ1v) is 16.8. The average molecular weight is 746 g/mol. The van der Waals surface area contributed by atoms with Gasteiger partial charge in [-0.15, -0.1) is 0 Å². The number of rotatable bonds is 14. The maximum atomic E-state index is 12.3. The van der Waals surface area contributed by atoms with Gasteiger partial charge in [-0.2, -0.15) is 5.26 Å². The normalized spacial score (nSPS) is 13.0. The van der Waals surface area contributed by atoms with Crippen LogP contribution in [0.15, 0.2) is 95.8 Å². The van der Waals surface area contributed by atoms with Gasteiger partial charge in [-0.05, 0) is 61.1 Å². The molecule has 1 aliphatic rings. The summed E-state index contributed by atoms with van der Waals surface area (Å²) in [5, 5.41) is 41.4. The fourth-order valence-electron chi connectivity index (χ4n) is 5.17. The Morgan fingerprint density at radius 1 is 0.778 bits per heavy atom. The van der Waals surface area contributed by atoms with E-state index >= 15 is 0 Å². The number of nitrogens with one attached hydrogen (secondary N) is 2. The molecule has 14 nitrogen and oxygen atoms in total. The number of phenolic OH excluding ortho intramolecular Hbond substituents is 1. The minimum Gasteiger partial charge on any atom is -0.504 e. The van der Waals surface area contributed by atoms with Gasteiger partial charge in [-0.3, -0.25) is 9.59 Å². The van der Waals surface area contributed by atoms with Crippen molar-refractivity contribution in [1.29, 1.82) is 5.26 Å². The Morgan fingerprint density at radius 3 is 1.69 bits per heavy atom. The van der Waals surface area contributed by atoms with Crippen LogP contribution in [0, 0.1) is 18.3 Å². The van der Waals surface area contributed by atoms with Crippen LogP contribution in [-0.4, -0.2) is 78.6 Å². The molecule has 0 radical (unpaired) electrons. The number of carbonyl (C=O) groups is 4. The molecule has 0 saturated heterocycles. The number of Topliss-reactive ketones (excluding diaryl/α,β-unsaturated/α-hetero) is 1. The number of aryl methyl sites for hydroxylation is 1. The Balaban J connectivity index is 0.000000348. The Bertz CT molecular complexity index is 1780. The van der Waals surface area contributed by atoms with Crippen molar-refractivity contribution in [3.05, 3.63) is 118 Å². The topological polar surface area (TPSA) is 214 Å². The molecule has 0 unspecified atom stereocenters. The Kier molecular flexibility index (Phi) is 19.1. The summed E-state index contributed by atoms with van der Waals surface area (Å²) in [6.45, 7) is 4.35. The number of alkyl carbamates (subject to hydrolysis) is 2. The van der Waals surface area contributed by atoms with Crippen molar-refractivity contribution in [1.82, 2.24) is 10.6 Å². The third kappa shape index (κ3) is 14.5. The summed E-state index contributed by atoms with van der Waals surface area (Å²) in [6.07, 6.45) is 0.226. The quantitative estimate of drug-likeness (QED) is 0.142. The second-order valence-corrected chi connectivity index (χ2v) is 11.8. The highest BCUT2D eigenvalue weighted by Gasteiger charge is 2.28. The number of methoxy groups -OCH3 is 2. The van der Waals surface area contributed by atoms with E-state index in [0.717, 1.165) is 22.3 Å². The lowest BCUT2D eigenvalue weighted by Gasteiger charge is -2.20. The predicted molar refractivity (Wildman–Crippen MR) is 198 cm³/mol. The molecule has 0 saturated carbocycles. The lowest BCUT2D eigenvalue weighted by Crippen LogP contribution is -2.39. The van der Waals surface area contributed by atoms with Gasteiger partial charge in [-0.1, -0.05) is 66.7 Å². The number of allylic oxidation sites excluding steroid dienone is 2. The van der Waals surface area contributed by atoms with Crippen LogP contribution in [0.4, 0.5) is 9.59 Å². The van der Waals surface area contributed by atoms with Crippen molar-refractivity contribution >= 4 is 23.8 Å².